The number of amides is 1. The van der Waals surface area contributed by atoms with Crippen molar-refractivity contribution in [3.63, 3.8) is 0 Å². The summed E-state index contributed by atoms with van der Waals surface area (Å²) in [7, 11) is 0. The number of alkyl halides is 3. The average Bonchev–Trinajstić information content (AvgIpc) is 3.31. The van der Waals surface area contributed by atoms with Gasteiger partial charge < -0.3 is 10.2 Å². The second kappa shape index (κ2) is 10.9. The first-order valence-electron chi connectivity index (χ1n) is 12.5. The lowest BCUT2D eigenvalue weighted by Gasteiger charge is -2.37. The standard InChI is InChI=1S/C26H36F3N3O/c27-26(28,29)22-6-3-7-24(19-22)32-16-14-31(15-17-32)13-12-20-8-10-23(11-9-20)30-25(33)18-21-4-1-2-5-21/h1,3-4,6-7,19-21,23H,2,5,8-18H2,(H,30,33)/t20-,21?,23-. The normalized spacial score (nSPS) is 26.5. The summed E-state index contributed by atoms with van der Waals surface area (Å²) in [4.78, 5) is 16.8. The first-order chi connectivity index (χ1) is 15.9. The van der Waals surface area contributed by atoms with E-state index >= 15 is 0 Å². The summed E-state index contributed by atoms with van der Waals surface area (Å²) >= 11 is 0. The minimum atomic E-state index is -4.30. The topological polar surface area (TPSA) is 35.6 Å². The summed E-state index contributed by atoms with van der Waals surface area (Å²) in [6, 6.07) is 5.99. The van der Waals surface area contributed by atoms with Gasteiger partial charge in [-0.1, -0.05) is 18.2 Å². The number of carbonyl (C=O) groups is 1. The van der Waals surface area contributed by atoms with Crippen molar-refractivity contribution < 1.29 is 18.0 Å². The lowest BCUT2D eigenvalue weighted by Crippen LogP contribution is -2.47. The molecule has 1 N–H and O–H groups in total. The third-order valence-corrected chi connectivity index (χ3v) is 7.54. The van der Waals surface area contributed by atoms with Crippen LogP contribution in [0.1, 0.15) is 56.9 Å². The Balaban J connectivity index is 1.13. The van der Waals surface area contributed by atoms with Crippen molar-refractivity contribution in [1.82, 2.24) is 10.2 Å². The maximum absolute atomic E-state index is 13.0. The molecular formula is C26H36F3N3O. The fourth-order valence-corrected chi connectivity index (χ4v) is 5.46. The van der Waals surface area contributed by atoms with E-state index in [2.05, 4.69) is 27.3 Å². The Bertz CT molecular complexity index is 809. The van der Waals surface area contributed by atoms with Crippen LogP contribution in [0.4, 0.5) is 18.9 Å². The molecule has 1 saturated carbocycles. The number of allylic oxidation sites excluding steroid dienone is 2. The van der Waals surface area contributed by atoms with Gasteiger partial charge in [-0.05, 0) is 81.5 Å². The molecule has 182 valence electrons. The second-order valence-corrected chi connectivity index (χ2v) is 9.92. The summed E-state index contributed by atoms with van der Waals surface area (Å²) in [5, 5.41) is 3.25. The summed E-state index contributed by atoms with van der Waals surface area (Å²) in [6.45, 7) is 4.34. The number of hydrogen-bond donors (Lipinski definition) is 1. The molecule has 3 aliphatic rings. The van der Waals surface area contributed by atoms with E-state index in [1.165, 1.54) is 25.0 Å². The lowest BCUT2D eigenvalue weighted by molar-refractivity contribution is -0.137. The van der Waals surface area contributed by atoms with Crippen molar-refractivity contribution in [2.24, 2.45) is 11.8 Å². The molecule has 1 aliphatic heterocycles. The molecule has 1 aromatic rings. The minimum absolute atomic E-state index is 0.202. The zero-order valence-electron chi connectivity index (χ0n) is 19.3. The highest BCUT2D eigenvalue weighted by Crippen LogP contribution is 2.32. The molecule has 4 nitrogen and oxygen atoms in total. The number of nitrogens with one attached hydrogen (secondary N) is 1. The number of carbonyl (C=O) groups excluding carboxylic acids is 1. The first kappa shape index (κ1) is 24.1. The van der Waals surface area contributed by atoms with Crippen molar-refractivity contribution >= 4 is 11.6 Å². The van der Waals surface area contributed by atoms with Crippen LogP contribution < -0.4 is 10.2 Å². The fourth-order valence-electron chi connectivity index (χ4n) is 5.46. The van der Waals surface area contributed by atoms with Crippen LogP contribution in [0.25, 0.3) is 0 Å². The Kier molecular flexibility index (Phi) is 7.99. The number of halogens is 3. The van der Waals surface area contributed by atoms with E-state index in [-0.39, 0.29) is 5.91 Å². The summed E-state index contributed by atoms with van der Waals surface area (Å²) in [5.74, 6) is 1.33. The Morgan fingerprint density at radius 1 is 1.03 bits per heavy atom. The highest BCUT2D eigenvalue weighted by Gasteiger charge is 2.31. The van der Waals surface area contributed by atoms with Gasteiger partial charge in [-0.3, -0.25) is 9.69 Å². The zero-order chi connectivity index (χ0) is 23.3. The van der Waals surface area contributed by atoms with Crippen molar-refractivity contribution in [1.29, 1.82) is 0 Å². The van der Waals surface area contributed by atoms with Crippen LogP contribution in [0.3, 0.4) is 0 Å². The molecule has 0 aromatic heterocycles. The van der Waals surface area contributed by atoms with Gasteiger partial charge in [-0.2, -0.15) is 13.2 Å². The quantitative estimate of drug-likeness (QED) is 0.561. The average molecular weight is 464 g/mol. The Labute approximate surface area is 195 Å². The number of piperazine rings is 1. The van der Waals surface area contributed by atoms with E-state index in [4.69, 9.17) is 0 Å². The highest BCUT2D eigenvalue weighted by atomic mass is 19.4. The molecule has 0 spiro atoms. The second-order valence-electron chi connectivity index (χ2n) is 9.92. The lowest BCUT2D eigenvalue weighted by atomic mass is 9.84. The predicted molar refractivity (Wildman–Crippen MR) is 125 cm³/mol. The van der Waals surface area contributed by atoms with Crippen LogP contribution in [-0.4, -0.2) is 49.6 Å². The van der Waals surface area contributed by atoms with Crippen molar-refractivity contribution in [3.05, 3.63) is 42.0 Å². The highest BCUT2D eigenvalue weighted by molar-refractivity contribution is 5.76. The molecule has 7 heteroatoms. The number of benzene rings is 1. The molecule has 1 saturated heterocycles. The number of rotatable bonds is 7. The maximum atomic E-state index is 13.0. The van der Waals surface area contributed by atoms with Gasteiger partial charge in [0.1, 0.15) is 0 Å². The van der Waals surface area contributed by atoms with Gasteiger partial charge in [-0.25, -0.2) is 0 Å². The SMILES string of the molecule is O=C(CC1C=CCC1)N[C@H]1CC[C@H](CCN2CCN(c3cccc(C(F)(F)F)c3)CC2)CC1. The molecule has 1 amide bonds. The third-order valence-electron chi connectivity index (χ3n) is 7.54. The van der Waals surface area contributed by atoms with Crippen LogP contribution in [0.15, 0.2) is 36.4 Å². The van der Waals surface area contributed by atoms with Crippen LogP contribution in [-0.2, 0) is 11.0 Å². The summed E-state index contributed by atoms with van der Waals surface area (Å²) < 4.78 is 39.0. The molecule has 1 atom stereocenters. The van der Waals surface area contributed by atoms with Crippen LogP contribution in [0.5, 0.6) is 0 Å². The largest absolute Gasteiger partial charge is 0.416 e. The van der Waals surface area contributed by atoms with E-state index in [9.17, 15) is 18.0 Å². The van der Waals surface area contributed by atoms with Crippen LogP contribution in [0, 0.1) is 11.8 Å². The van der Waals surface area contributed by atoms with Crippen LogP contribution >= 0.6 is 0 Å². The Morgan fingerprint density at radius 2 is 1.79 bits per heavy atom. The van der Waals surface area contributed by atoms with E-state index < -0.39 is 11.7 Å². The third kappa shape index (κ3) is 6.98. The molecule has 33 heavy (non-hydrogen) atoms. The number of nitrogens with zero attached hydrogens (tertiary/aromatic N) is 2. The van der Waals surface area contributed by atoms with Crippen molar-refractivity contribution in [2.75, 3.05) is 37.6 Å². The molecular weight excluding hydrogens is 427 g/mol. The molecule has 0 radical (unpaired) electrons. The van der Waals surface area contributed by atoms with Gasteiger partial charge in [0.05, 0.1) is 5.56 Å². The Morgan fingerprint density at radius 3 is 2.45 bits per heavy atom. The number of hydrogen-bond acceptors (Lipinski definition) is 3. The molecule has 2 aliphatic carbocycles. The van der Waals surface area contributed by atoms with Crippen molar-refractivity contribution in [2.45, 2.75) is 63.6 Å². The van der Waals surface area contributed by atoms with Gasteiger partial charge >= 0.3 is 6.18 Å². The summed E-state index contributed by atoms with van der Waals surface area (Å²) in [6.07, 6.45) is 8.52. The maximum Gasteiger partial charge on any atom is 0.416 e. The molecule has 0 bridgehead atoms. The molecule has 1 unspecified atom stereocenters. The Hall–Kier alpha value is -2.02. The first-order valence-corrected chi connectivity index (χ1v) is 12.5. The van der Waals surface area contributed by atoms with E-state index in [0.29, 0.717) is 30.0 Å². The number of anilines is 1. The zero-order valence-corrected chi connectivity index (χ0v) is 19.3. The van der Waals surface area contributed by atoms with Gasteiger partial charge in [0.25, 0.3) is 0 Å². The monoisotopic (exact) mass is 463 g/mol. The van der Waals surface area contributed by atoms with E-state index in [0.717, 1.165) is 70.9 Å². The van der Waals surface area contributed by atoms with Crippen LogP contribution in [0.2, 0.25) is 0 Å². The summed E-state index contributed by atoms with van der Waals surface area (Å²) in [5.41, 5.74) is 0.0818. The smallest absolute Gasteiger partial charge is 0.369 e. The van der Waals surface area contributed by atoms with Gasteiger partial charge in [-0.15, -0.1) is 0 Å². The van der Waals surface area contributed by atoms with Gasteiger partial charge in [0.2, 0.25) is 5.91 Å². The fraction of sp³-hybridized carbons (Fsp3) is 0.654. The minimum Gasteiger partial charge on any atom is -0.369 e. The van der Waals surface area contributed by atoms with E-state index in [1.807, 2.05) is 0 Å². The molecule has 1 heterocycles. The van der Waals surface area contributed by atoms with Gasteiger partial charge in [0, 0.05) is 44.3 Å². The van der Waals surface area contributed by atoms with E-state index in [1.54, 1.807) is 6.07 Å². The van der Waals surface area contributed by atoms with Gasteiger partial charge in [0.15, 0.2) is 0 Å². The molecule has 2 fully saturated rings. The van der Waals surface area contributed by atoms with Crippen molar-refractivity contribution in [3.8, 4) is 0 Å². The molecule has 4 rings (SSSR count). The predicted octanol–water partition coefficient (Wildman–Crippen LogP) is 5.25. The molecule has 1 aromatic carbocycles.